The van der Waals surface area contributed by atoms with Gasteiger partial charge in [-0.05, 0) is 31.9 Å². The molecule has 128 valence electrons. The van der Waals surface area contributed by atoms with E-state index in [9.17, 15) is 13.2 Å². The van der Waals surface area contributed by atoms with Gasteiger partial charge in [0.2, 0.25) is 15.9 Å². The van der Waals surface area contributed by atoms with Crippen LogP contribution in [0.15, 0.2) is 41.4 Å². The summed E-state index contributed by atoms with van der Waals surface area (Å²) >= 11 is 1.41. The van der Waals surface area contributed by atoms with Crippen molar-refractivity contribution in [1.29, 1.82) is 0 Å². The Morgan fingerprint density at radius 2 is 2.08 bits per heavy atom. The first-order valence-electron chi connectivity index (χ1n) is 7.75. The maximum Gasteiger partial charge on any atom is 0.243 e. The van der Waals surface area contributed by atoms with Gasteiger partial charge in [-0.3, -0.25) is 4.79 Å². The van der Waals surface area contributed by atoms with E-state index in [2.05, 4.69) is 10.3 Å². The summed E-state index contributed by atoms with van der Waals surface area (Å²) < 4.78 is 26.8. The number of nitrogens with one attached hydrogen (secondary N) is 1. The number of thiazole rings is 1. The summed E-state index contributed by atoms with van der Waals surface area (Å²) in [4.78, 5) is 17.8. The van der Waals surface area contributed by atoms with E-state index in [0.717, 1.165) is 4.88 Å². The summed E-state index contributed by atoms with van der Waals surface area (Å²) in [5.74, 6) is -0.529. The Hall–Kier alpha value is -1.77. The fourth-order valence-corrected chi connectivity index (χ4v) is 4.95. The van der Waals surface area contributed by atoms with E-state index in [1.165, 1.54) is 15.6 Å². The van der Waals surface area contributed by atoms with Crippen molar-refractivity contribution in [3.05, 3.63) is 41.4 Å². The van der Waals surface area contributed by atoms with Gasteiger partial charge in [-0.25, -0.2) is 13.4 Å². The van der Waals surface area contributed by atoms with Crippen molar-refractivity contribution in [3.8, 4) is 0 Å². The Kier molecular flexibility index (Phi) is 4.98. The number of aryl methyl sites for hydroxylation is 1. The minimum Gasteiger partial charge on any atom is -0.302 e. The minimum absolute atomic E-state index is 0.169. The Morgan fingerprint density at radius 1 is 1.33 bits per heavy atom. The fourth-order valence-electron chi connectivity index (χ4n) is 2.74. The number of carbonyl (C=O) groups excluding carboxylic acids is 1. The lowest BCUT2D eigenvalue weighted by molar-refractivity contribution is -0.120. The fraction of sp³-hybridized carbons (Fsp3) is 0.375. The second-order valence-corrected chi connectivity index (χ2v) is 8.95. The molecule has 3 rings (SSSR count). The topological polar surface area (TPSA) is 79.4 Å². The summed E-state index contributed by atoms with van der Waals surface area (Å²) in [5.41, 5.74) is 0. The zero-order valence-corrected chi connectivity index (χ0v) is 14.9. The predicted molar refractivity (Wildman–Crippen MR) is 93.4 cm³/mol. The Bertz CT molecular complexity index is 818. The van der Waals surface area contributed by atoms with Crippen molar-refractivity contribution < 1.29 is 13.2 Å². The van der Waals surface area contributed by atoms with Crippen LogP contribution in [0.25, 0.3) is 0 Å². The highest BCUT2D eigenvalue weighted by atomic mass is 32.2. The number of hydrogen-bond acceptors (Lipinski definition) is 5. The van der Waals surface area contributed by atoms with Crippen LogP contribution in [-0.2, 0) is 14.8 Å². The molecule has 1 amide bonds. The highest BCUT2D eigenvalue weighted by Gasteiger charge is 2.33. The third-order valence-corrected chi connectivity index (χ3v) is 6.69. The minimum atomic E-state index is -3.56. The van der Waals surface area contributed by atoms with E-state index in [1.807, 2.05) is 6.92 Å². The lowest BCUT2D eigenvalue weighted by atomic mass is 9.99. The van der Waals surface area contributed by atoms with Crippen LogP contribution in [0, 0.1) is 12.8 Å². The van der Waals surface area contributed by atoms with Gasteiger partial charge >= 0.3 is 0 Å². The molecule has 1 aromatic heterocycles. The number of aromatic nitrogens is 1. The summed E-state index contributed by atoms with van der Waals surface area (Å²) in [6.07, 6.45) is 3.05. The molecular weight excluding hydrogens is 346 g/mol. The van der Waals surface area contributed by atoms with Crippen molar-refractivity contribution in [2.24, 2.45) is 5.92 Å². The highest BCUT2D eigenvalue weighted by Crippen LogP contribution is 2.25. The zero-order valence-electron chi connectivity index (χ0n) is 13.3. The number of benzene rings is 1. The van der Waals surface area contributed by atoms with E-state index in [0.29, 0.717) is 24.5 Å². The van der Waals surface area contributed by atoms with Crippen molar-refractivity contribution >= 4 is 32.4 Å². The Balaban J connectivity index is 1.71. The summed E-state index contributed by atoms with van der Waals surface area (Å²) in [6, 6.07) is 8.34. The third kappa shape index (κ3) is 3.66. The number of hydrogen-bond donors (Lipinski definition) is 1. The quantitative estimate of drug-likeness (QED) is 0.903. The van der Waals surface area contributed by atoms with E-state index < -0.39 is 10.0 Å². The van der Waals surface area contributed by atoms with Crippen LogP contribution < -0.4 is 5.32 Å². The molecule has 1 atom stereocenters. The number of nitrogens with zero attached hydrogens (tertiary/aromatic N) is 2. The Labute approximate surface area is 145 Å². The van der Waals surface area contributed by atoms with Gasteiger partial charge in [0.05, 0.1) is 10.8 Å². The number of sulfonamides is 1. The number of carbonyl (C=O) groups is 1. The number of piperidine rings is 1. The van der Waals surface area contributed by atoms with Crippen molar-refractivity contribution in [2.75, 3.05) is 18.4 Å². The van der Waals surface area contributed by atoms with Gasteiger partial charge in [0.1, 0.15) is 0 Å². The van der Waals surface area contributed by atoms with Crippen molar-refractivity contribution in [2.45, 2.75) is 24.7 Å². The molecule has 1 aliphatic rings. The largest absolute Gasteiger partial charge is 0.302 e. The third-order valence-electron chi connectivity index (χ3n) is 3.99. The molecule has 2 aromatic rings. The zero-order chi connectivity index (χ0) is 17.2. The average molecular weight is 365 g/mol. The second kappa shape index (κ2) is 7.00. The van der Waals surface area contributed by atoms with Crippen LogP contribution in [0.3, 0.4) is 0 Å². The maximum absolute atomic E-state index is 12.7. The molecule has 1 saturated heterocycles. The molecular formula is C16H19N3O3S2. The lowest BCUT2D eigenvalue weighted by Gasteiger charge is -2.31. The first-order chi connectivity index (χ1) is 11.5. The standard InChI is InChI=1S/C16H19N3O3S2/c1-12-10-17-16(23-12)18-15(20)13-6-5-9-19(11-13)24(21,22)14-7-3-2-4-8-14/h2-4,7-8,10,13H,5-6,9,11H2,1H3,(H,17,18,20). The highest BCUT2D eigenvalue weighted by molar-refractivity contribution is 7.89. The monoisotopic (exact) mass is 365 g/mol. The Morgan fingerprint density at radius 3 is 2.75 bits per heavy atom. The van der Waals surface area contributed by atoms with Gasteiger partial charge < -0.3 is 5.32 Å². The SMILES string of the molecule is Cc1cnc(NC(=O)C2CCCN(S(=O)(=O)c3ccccc3)C2)s1. The van der Waals surface area contributed by atoms with Crippen LogP contribution in [0.1, 0.15) is 17.7 Å². The molecule has 1 fully saturated rings. The van der Waals surface area contributed by atoms with Crippen LogP contribution >= 0.6 is 11.3 Å². The van der Waals surface area contributed by atoms with E-state index in [-0.39, 0.29) is 23.3 Å². The molecule has 6 nitrogen and oxygen atoms in total. The van der Waals surface area contributed by atoms with E-state index >= 15 is 0 Å². The molecule has 0 aliphatic carbocycles. The average Bonchev–Trinajstić information content (AvgIpc) is 3.00. The van der Waals surface area contributed by atoms with Crippen LogP contribution in [-0.4, -0.2) is 36.7 Å². The van der Waals surface area contributed by atoms with Crippen molar-refractivity contribution in [1.82, 2.24) is 9.29 Å². The van der Waals surface area contributed by atoms with Gasteiger partial charge in [-0.2, -0.15) is 4.31 Å². The molecule has 0 bridgehead atoms. The normalized spacial score (nSPS) is 19.1. The van der Waals surface area contributed by atoms with Gasteiger partial charge in [0, 0.05) is 24.2 Å². The van der Waals surface area contributed by atoms with E-state index in [4.69, 9.17) is 0 Å². The molecule has 0 spiro atoms. The maximum atomic E-state index is 12.7. The van der Waals surface area contributed by atoms with Crippen LogP contribution in [0.5, 0.6) is 0 Å². The van der Waals surface area contributed by atoms with E-state index in [1.54, 1.807) is 36.5 Å². The van der Waals surface area contributed by atoms with Crippen LogP contribution in [0.4, 0.5) is 5.13 Å². The van der Waals surface area contributed by atoms with Gasteiger partial charge in [-0.1, -0.05) is 18.2 Å². The first kappa shape index (κ1) is 17.1. The molecule has 24 heavy (non-hydrogen) atoms. The van der Waals surface area contributed by atoms with Crippen LogP contribution in [0.2, 0.25) is 0 Å². The van der Waals surface area contributed by atoms with Gasteiger partial charge in [-0.15, -0.1) is 11.3 Å². The summed E-state index contributed by atoms with van der Waals surface area (Å²) in [6.45, 7) is 2.56. The number of amides is 1. The molecule has 2 heterocycles. The number of anilines is 1. The molecule has 1 aromatic carbocycles. The first-order valence-corrected chi connectivity index (χ1v) is 10.0. The molecule has 8 heteroatoms. The molecule has 1 N–H and O–H groups in total. The summed E-state index contributed by atoms with van der Waals surface area (Å²) in [5, 5.41) is 3.35. The molecule has 0 radical (unpaired) electrons. The lowest BCUT2D eigenvalue weighted by Crippen LogP contribution is -2.43. The predicted octanol–water partition coefficient (Wildman–Crippen LogP) is 2.49. The molecule has 0 saturated carbocycles. The van der Waals surface area contributed by atoms with Gasteiger partial charge in [0.25, 0.3) is 0 Å². The van der Waals surface area contributed by atoms with Crippen molar-refractivity contribution in [3.63, 3.8) is 0 Å². The number of rotatable bonds is 4. The second-order valence-electron chi connectivity index (χ2n) is 5.78. The summed E-state index contributed by atoms with van der Waals surface area (Å²) in [7, 11) is -3.56. The molecule has 1 aliphatic heterocycles. The smallest absolute Gasteiger partial charge is 0.243 e. The molecule has 1 unspecified atom stereocenters. The van der Waals surface area contributed by atoms with Gasteiger partial charge in [0.15, 0.2) is 5.13 Å².